The van der Waals surface area contributed by atoms with Crippen LogP contribution in [0, 0.1) is 6.92 Å². The van der Waals surface area contributed by atoms with Gasteiger partial charge in [-0.3, -0.25) is 4.79 Å². The van der Waals surface area contributed by atoms with Gasteiger partial charge in [0.05, 0.1) is 6.04 Å². The summed E-state index contributed by atoms with van der Waals surface area (Å²) in [6.45, 7) is 8.24. The highest BCUT2D eigenvalue weighted by molar-refractivity contribution is 7.11. The Bertz CT molecular complexity index is 531. The van der Waals surface area contributed by atoms with Crippen LogP contribution in [0.1, 0.15) is 42.6 Å². The van der Waals surface area contributed by atoms with Gasteiger partial charge < -0.3 is 15.1 Å². The zero-order valence-electron chi connectivity index (χ0n) is 13.5. The van der Waals surface area contributed by atoms with E-state index in [0.717, 1.165) is 35.8 Å². The van der Waals surface area contributed by atoms with E-state index in [4.69, 9.17) is 0 Å². The van der Waals surface area contributed by atoms with Crippen molar-refractivity contribution in [2.24, 2.45) is 0 Å². The number of thiazole rings is 1. The molecule has 0 spiro atoms. The van der Waals surface area contributed by atoms with Crippen LogP contribution in [0.2, 0.25) is 0 Å². The van der Waals surface area contributed by atoms with Crippen molar-refractivity contribution in [1.29, 1.82) is 0 Å². The number of hydrogen-bond acceptors (Lipinski definition) is 4. The minimum atomic E-state index is -0.188. The Balaban J connectivity index is 1.93. The SMILES string of the molecule is CCCN1CCCN(C(=O)NC(C)c2ncc(C)s2)CC1=O. The van der Waals surface area contributed by atoms with E-state index in [-0.39, 0.29) is 24.5 Å². The van der Waals surface area contributed by atoms with Gasteiger partial charge in [-0.25, -0.2) is 9.78 Å². The van der Waals surface area contributed by atoms with Crippen molar-refractivity contribution >= 4 is 23.3 Å². The van der Waals surface area contributed by atoms with Crippen LogP contribution in [0.25, 0.3) is 0 Å². The molecule has 1 aliphatic rings. The molecule has 7 heteroatoms. The molecule has 1 unspecified atom stereocenters. The summed E-state index contributed by atoms with van der Waals surface area (Å²) in [5, 5.41) is 3.83. The van der Waals surface area contributed by atoms with E-state index in [9.17, 15) is 9.59 Å². The van der Waals surface area contributed by atoms with Crippen LogP contribution < -0.4 is 5.32 Å². The van der Waals surface area contributed by atoms with Gasteiger partial charge in [0.2, 0.25) is 5.91 Å². The molecule has 1 aliphatic heterocycles. The normalized spacial score (nSPS) is 17.3. The average molecular weight is 324 g/mol. The molecule has 0 bridgehead atoms. The molecule has 2 heterocycles. The molecule has 1 aromatic rings. The van der Waals surface area contributed by atoms with E-state index >= 15 is 0 Å². The molecule has 2 rings (SSSR count). The maximum Gasteiger partial charge on any atom is 0.318 e. The Labute approximate surface area is 135 Å². The predicted octanol–water partition coefficient (Wildman–Crippen LogP) is 2.17. The minimum absolute atomic E-state index is 0.0345. The lowest BCUT2D eigenvalue weighted by Crippen LogP contribution is -2.45. The number of amides is 3. The lowest BCUT2D eigenvalue weighted by atomic mass is 10.3. The number of nitrogens with one attached hydrogen (secondary N) is 1. The quantitative estimate of drug-likeness (QED) is 0.923. The van der Waals surface area contributed by atoms with Crippen LogP contribution >= 0.6 is 11.3 Å². The summed E-state index contributed by atoms with van der Waals surface area (Å²) in [6.07, 6.45) is 3.57. The lowest BCUT2D eigenvalue weighted by Gasteiger charge is -2.23. The van der Waals surface area contributed by atoms with Crippen molar-refractivity contribution in [3.8, 4) is 0 Å². The zero-order chi connectivity index (χ0) is 16.1. The third-order valence-corrected chi connectivity index (χ3v) is 4.76. The summed E-state index contributed by atoms with van der Waals surface area (Å²) < 4.78 is 0. The van der Waals surface area contributed by atoms with Crippen LogP contribution in [-0.2, 0) is 4.79 Å². The first-order valence-corrected chi connectivity index (χ1v) is 8.58. The van der Waals surface area contributed by atoms with Gasteiger partial charge in [0, 0.05) is 30.7 Å². The van der Waals surface area contributed by atoms with Gasteiger partial charge in [0.15, 0.2) is 0 Å². The Morgan fingerprint density at radius 1 is 1.50 bits per heavy atom. The molecule has 3 amide bonds. The number of rotatable bonds is 4. The van der Waals surface area contributed by atoms with E-state index in [1.54, 1.807) is 22.4 Å². The minimum Gasteiger partial charge on any atom is -0.341 e. The molecular formula is C15H24N4O2S. The molecule has 0 aliphatic carbocycles. The number of hydrogen-bond donors (Lipinski definition) is 1. The average Bonchev–Trinajstić information content (AvgIpc) is 2.82. The van der Waals surface area contributed by atoms with E-state index in [0.29, 0.717) is 6.54 Å². The fourth-order valence-electron chi connectivity index (χ4n) is 2.51. The van der Waals surface area contributed by atoms with Gasteiger partial charge in [-0.1, -0.05) is 6.92 Å². The Hall–Kier alpha value is -1.63. The first kappa shape index (κ1) is 16.7. The summed E-state index contributed by atoms with van der Waals surface area (Å²) in [5.74, 6) is 0.0345. The second kappa shape index (κ2) is 7.58. The number of carbonyl (C=O) groups excluding carboxylic acids is 2. The molecule has 0 saturated carbocycles. The summed E-state index contributed by atoms with van der Waals surface area (Å²) in [7, 11) is 0. The fraction of sp³-hybridized carbons (Fsp3) is 0.667. The van der Waals surface area contributed by atoms with Gasteiger partial charge in [-0.15, -0.1) is 11.3 Å². The van der Waals surface area contributed by atoms with Crippen LogP contribution in [0.15, 0.2) is 6.20 Å². The van der Waals surface area contributed by atoms with E-state index in [1.165, 1.54) is 0 Å². The third-order valence-electron chi connectivity index (χ3n) is 3.67. The summed E-state index contributed by atoms with van der Waals surface area (Å²) in [6, 6.07) is -0.330. The molecule has 122 valence electrons. The number of carbonyl (C=O) groups is 2. The smallest absolute Gasteiger partial charge is 0.318 e. The molecule has 6 nitrogen and oxygen atoms in total. The van der Waals surface area contributed by atoms with Gasteiger partial charge in [-0.05, 0) is 26.7 Å². The largest absolute Gasteiger partial charge is 0.341 e. The molecule has 0 aromatic carbocycles. The topological polar surface area (TPSA) is 65.5 Å². The molecule has 0 radical (unpaired) electrons. The summed E-state index contributed by atoms with van der Waals surface area (Å²) in [4.78, 5) is 33.4. The molecule has 1 aromatic heterocycles. The van der Waals surface area contributed by atoms with Crippen LogP contribution in [-0.4, -0.2) is 52.9 Å². The first-order valence-electron chi connectivity index (χ1n) is 7.76. The lowest BCUT2D eigenvalue weighted by molar-refractivity contribution is -0.130. The number of aromatic nitrogens is 1. The fourth-order valence-corrected chi connectivity index (χ4v) is 3.29. The van der Waals surface area contributed by atoms with Gasteiger partial charge in [0.25, 0.3) is 0 Å². The van der Waals surface area contributed by atoms with Crippen molar-refractivity contribution in [2.45, 2.75) is 39.7 Å². The highest BCUT2D eigenvalue weighted by Gasteiger charge is 2.25. The molecule has 1 fully saturated rings. The molecule has 22 heavy (non-hydrogen) atoms. The number of urea groups is 1. The van der Waals surface area contributed by atoms with Gasteiger partial charge in [-0.2, -0.15) is 0 Å². The van der Waals surface area contributed by atoms with Gasteiger partial charge in [0.1, 0.15) is 11.6 Å². The predicted molar refractivity (Wildman–Crippen MR) is 86.9 cm³/mol. The third kappa shape index (κ3) is 4.19. The summed E-state index contributed by atoms with van der Waals surface area (Å²) in [5.41, 5.74) is 0. The monoisotopic (exact) mass is 324 g/mol. The van der Waals surface area contributed by atoms with Gasteiger partial charge >= 0.3 is 6.03 Å². The Morgan fingerprint density at radius 3 is 2.91 bits per heavy atom. The molecule has 1 saturated heterocycles. The highest BCUT2D eigenvalue weighted by atomic mass is 32.1. The van der Waals surface area contributed by atoms with Crippen LogP contribution in [0.3, 0.4) is 0 Å². The number of aryl methyl sites for hydroxylation is 1. The van der Waals surface area contributed by atoms with E-state index in [1.807, 2.05) is 18.7 Å². The summed E-state index contributed by atoms with van der Waals surface area (Å²) >= 11 is 1.58. The van der Waals surface area contributed by atoms with E-state index in [2.05, 4.69) is 17.2 Å². The molecular weight excluding hydrogens is 300 g/mol. The van der Waals surface area contributed by atoms with Crippen LogP contribution in [0.5, 0.6) is 0 Å². The Morgan fingerprint density at radius 2 is 2.27 bits per heavy atom. The van der Waals surface area contributed by atoms with Crippen LogP contribution in [0.4, 0.5) is 4.79 Å². The van der Waals surface area contributed by atoms with Crippen molar-refractivity contribution in [3.05, 3.63) is 16.1 Å². The maximum absolute atomic E-state index is 12.4. The molecule has 1 atom stereocenters. The van der Waals surface area contributed by atoms with E-state index < -0.39 is 0 Å². The molecule has 1 N–H and O–H groups in total. The maximum atomic E-state index is 12.4. The highest BCUT2D eigenvalue weighted by Crippen LogP contribution is 2.19. The standard InChI is InChI=1S/C15H24N4O2S/c1-4-6-18-7-5-8-19(10-13(18)20)15(21)17-12(3)14-16-9-11(2)22-14/h9,12H,4-8,10H2,1-3H3,(H,17,21). The second-order valence-electron chi connectivity index (χ2n) is 5.64. The van der Waals surface area contributed by atoms with Crippen molar-refractivity contribution in [1.82, 2.24) is 20.1 Å². The van der Waals surface area contributed by atoms with Crippen molar-refractivity contribution < 1.29 is 9.59 Å². The second-order valence-corrected chi connectivity index (χ2v) is 6.90. The van der Waals surface area contributed by atoms with Crippen molar-refractivity contribution in [2.75, 3.05) is 26.2 Å². The number of nitrogens with zero attached hydrogens (tertiary/aromatic N) is 3. The Kier molecular flexibility index (Phi) is 5.76. The zero-order valence-corrected chi connectivity index (χ0v) is 14.3. The van der Waals surface area contributed by atoms with Crippen molar-refractivity contribution in [3.63, 3.8) is 0 Å². The first-order chi connectivity index (χ1) is 10.5.